The molecule has 1 aromatic carbocycles. The maximum atomic E-state index is 5.99. The van der Waals surface area contributed by atoms with Gasteiger partial charge in [0, 0.05) is 16.6 Å². The average Bonchev–Trinajstić information content (AvgIpc) is 2.38. The Bertz CT molecular complexity index is 385. The number of ether oxygens (including phenoxy) is 1. The lowest BCUT2D eigenvalue weighted by Crippen LogP contribution is -2.14. The molecule has 0 aromatic heterocycles. The van der Waals surface area contributed by atoms with Crippen LogP contribution in [0.5, 0.6) is 5.75 Å². The van der Waals surface area contributed by atoms with Crippen LogP contribution in [0.2, 0.25) is 0 Å². The lowest BCUT2D eigenvalue weighted by Gasteiger charge is -2.15. The monoisotopic (exact) mass is 345 g/mol. The molecule has 1 N–H and O–H groups in total. The highest BCUT2D eigenvalue weighted by molar-refractivity contribution is 9.10. The van der Waals surface area contributed by atoms with Crippen LogP contribution in [-0.2, 0) is 6.54 Å². The molecule has 0 aliphatic rings. The summed E-state index contributed by atoms with van der Waals surface area (Å²) < 4.78 is 7.11. The van der Waals surface area contributed by atoms with Crippen molar-refractivity contribution in [1.82, 2.24) is 5.32 Å². The fourth-order valence-electron chi connectivity index (χ4n) is 1.88. The van der Waals surface area contributed by atoms with Crippen molar-refractivity contribution in [3.8, 4) is 5.75 Å². The lowest BCUT2D eigenvalue weighted by atomic mass is 10.1. The molecule has 4 heteroatoms. The molecule has 1 rings (SSSR count). The maximum absolute atomic E-state index is 5.99. The normalized spacial score (nSPS) is 10.7. The molecule has 0 aliphatic carbocycles. The maximum Gasteiger partial charge on any atom is 0.126 e. The molecule has 0 spiro atoms. The topological polar surface area (TPSA) is 21.3 Å². The molecule has 0 saturated carbocycles. The third-order valence-electron chi connectivity index (χ3n) is 2.77. The van der Waals surface area contributed by atoms with Gasteiger partial charge in [0.15, 0.2) is 0 Å². The number of halogens is 1. The Balaban J connectivity index is 2.63. The van der Waals surface area contributed by atoms with Gasteiger partial charge in [-0.1, -0.05) is 29.8 Å². The smallest absolute Gasteiger partial charge is 0.126 e. The summed E-state index contributed by atoms with van der Waals surface area (Å²) in [6.45, 7) is 9.05. The quantitative estimate of drug-likeness (QED) is 0.670. The molecular weight excluding hydrogens is 322 g/mol. The number of benzene rings is 1. The predicted octanol–water partition coefficient (Wildman–Crippen LogP) is 4.39. The Labute approximate surface area is 129 Å². The van der Waals surface area contributed by atoms with E-state index in [1.807, 2.05) is 11.8 Å². The van der Waals surface area contributed by atoms with Crippen molar-refractivity contribution in [2.75, 3.05) is 24.7 Å². The summed E-state index contributed by atoms with van der Waals surface area (Å²) >= 11 is 5.52. The van der Waals surface area contributed by atoms with E-state index < -0.39 is 0 Å². The number of rotatable bonds is 9. The van der Waals surface area contributed by atoms with Gasteiger partial charge in [0.2, 0.25) is 0 Å². The van der Waals surface area contributed by atoms with Gasteiger partial charge in [0.1, 0.15) is 5.75 Å². The standard InChI is InChI=1S/C15H24BrNOS/c1-4-17-11-13-10-14(16)9-12(3)15(13)18-7-6-8-19-5-2/h9-10,17H,4-8,11H2,1-3H3. The van der Waals surface area contributed by atoms with Gasteiger partial charge in [-0.15, -0.1) is 0 Å². The molecule has 0 saturated heterocycles. The largest absolute Gasteiger partial charge is 0.493 e. The van der Waals surface area contributed by atoms with Crippen LogP contribution in [-0.4, -0.2) is 24.7 Å². The summed E-state index contributed by atoms with van der Waals surface area (Å²) in [6, 6.07) is 4.26. The van der Waals surface area contributed by atoms with Crippen molar-refractivity contribution in [2.45, 2.75) is 33.7 Å². The summed E-state index contributed by atoms with van der Waals surface area (Å²) in [5, 5.41) is 3.37. The van der Waals surface area contributed by atoms with E-state index in [2.05, 4.69) is 54.2 Å². The first kappa shape index (κ1) is 16.9. The lowest BCUT2D eigenvalue weighted by molar-refractivity contribution is 0.312. The fraction of sp³-hybridized carbons (Fsp3) is 0.600. The number of aryl methyl sites for hydroxylation is 1. The fourth-order valence-corrected chi connectivity index (χ4v) is 3.11. The van der Waals surface area contributed by atoms with E-state index in [1.54, 1.807) is 0 Å². The Morgan fingerprint density at radius 3 is 2.79 bits per heavy atom. The Hall–Kier alpha value is -0.190. The first-order valence-electron chi connectivity index (χ1n) is 6.89. The zero-order valence-electron chi connectivity index (χ0n) is 12.1. The minimum atomic E-state index is 0.800. The van der Waals surface area contributed by atoms with Crippen molar-refractivity contribution in [3.05, 3.63) is 27.7 Å². The number of hydrogen-bond acceptors (Lipinski definition) is 3. The number of nitrogens with one attached hydrogen (secondary N) is 1. The average molecular weight is 346 g/mol. The van der Waals surface area contributed by atoms with Gasteiger partial charge in [0.25, 0.3) is 0 Å². The van der Waals surface area contributed by atoms with Crippen LogP contribution in [0.1, 0.15) is 31.4 Å². The number of thioether (sulfide) groups is 1. The molecule has 0 radical (unpaired) electrons. The highest BCUT2D eigenvalue weighted by atomic mass is 79.9. The predicted molar refractivity (Wildman–Crippen MR) is 89.4 cm³/mol. The van der Waals surface area contributed by atoms with E-state index in [0.717, 1.165) is 36.3 Å². The third kappa shape index (κ3) is 6.19. The highest BCUT2D eigenvalue weighted by Gasteiger charge is 2.08. The van der Waals surface area contributed by atoms with E-state index in [0.29, 0.717) is 0 Å². The van der Waals surface area contributed by atoms with E-state index in [1.165, 1.54) is 22.6 Å². The van der Waals surface area contributed by atoms with Gasteiger partial charge >= 0.3 is 0 Å². The van der Waals surface area contributed by atoms with Crippen LogP contribution in [0, 0.1) is 6.92 Å². The van der Waals surface area contributed by atoms with E-state index in [9.17, 15) is 0 Å². The number of hydrogen-bond donors (Lipinski definition) is 1. The summed E-state index contributed by atoms with van der Waals surface area (Å²) in [7, 11) is 0. The summed E-state index contributed by atoms with van der Waals surface area (Å²) in [5.74, 6) is 3.41. The molecule has 0 atom stereocenters. The molecule has 1 aromatic rings. The van der Waals surface area contributed by atoms with Crippen molar-refractivity contribution in [2.24, 2.45) is 0 Å². The first-order chi connectivity index (χ1) is 9.19. The van der Waals surface area contributed by atoms with Crippen LogP contribution in [0.15, 0.2) is 16.6 Å². The minimum Gasteiger partial charge on any atom is -0.493 e. The second kappa shape index (κ2) is 9.67. The molecule has 0 amide bonds. The SMILES string of the molecule is CCNCc1cc(Br)cc(C)c1OCCCSCC. The van der Waals surface area contributed by atoms with Crippen LogP contribution in [0.4, 0.5) is 0 Å². The van der Waals surface area contributed by atoms with Crippen LogP contribution < -0.4 is 10.1 Å². The minimum absolute atomic E-state index is 0.800. The highest BCUT2D eigenvalue weighted by Crippen LogP contribution is 2.28. The van der Waals surface area contributed by atoms with E-state index >= 15 is 0 Å². The molecule has 19 heavy (non-hydrogen) atoms. The van der Waals surface area contributed by atoms with Gasteiger partial charge in [0.05, 0.1) is 6.61 Å². The molecule has 2 nitrogen and oxygen atoms in total. The Morgan fingerprint density at radius 1 is 1.32 bits per heavy atom. The Kier molecular flexibility index (Phi) is 8.58. The molecule has 0 fully saturated rings. The van der Waals surface area contributed by atoms with Crippen LogP contribution in [0.25, 0.3) is 0 Å². The Morgan fingerprint density at radius 2 is 2.11 bits per heavy atom. The van der Waals surface area contributed by atoms with Crippen LogP contribution in [0.3, 0.4) is 0 Å². The molecule has 0 aliphatic heterocycles. The summed E-state index contributed by atoms with van der Waals surface area (Å²) in [6.07, 6.45) is 1.11. The van der Waals surface area contributed by atoms with Gasteiger partial charge in [-0.2, -0.15) is 11.8 Å². The third-order valence-corrected chi connectivity index (χ3v) is 4.21. The molecule has 0 bridgehead atoms. The molecule has 0 unspecified atom stereocenters. The van der Waals surface area contributed by atoms with Gasteiger partial charge in [-0.05, 0) is 49.1 Å². The van der Waals surface area contributed by atoms with E-state index in [4.69, 9.17) is 4.74 Å². The van der Waals surface area contributed by atoms with Crippen LogP contribution >= 0.6 is 27.7 Å². The zero-order chi connectivity index (χ0) is 14.1. The van der Waals surface area contributed by atoms with Gasteiger partial charge < -0.3 is 10.1 Å². The first-order valence-corrected chi connectivity index (χ1v) is 8.84. The van der Waals surface area contributed by atoms with Crippen molar-refractivity contribution in [1.29, 1.82) is 0 Å². The zero-order valence-corrected chi connectivity index (χ0v) is 14.5. The van der Waals surface area contributed by atoms with Gasteiger partial charge in [-0.3, -0.25) is 0 Å². The second-order valence-electron chi connectivity index (χ2n) is 4.39. The molecule has 0 heterocycles. The van der Waals surface area contributed by atoms with Gasteiger partial charge in [-0.25, -0.2) is 0 Å². The summed E-state index contributed by atoms with van der Waals surface area (Å²) in [5.41, 5.74) is 2.43. The molecule has 108 valence electrons. The van der Waals surface area contributed by atoms with Crippen molar-refractivity contribution >= 4 is 27.7 Å². The second-order valence-corrected chi connectivity index (χ2v) is 6.70. The van der Waals surface area contributed by atoms with E-state index in [-0.39, 0.29) is 0 Å². The summed E-state index contributed by atoms with van der Waals surface area (Å²) in [4.78, 5) is 0. The van der Waals surface area contributed by atoms with Crippen molar-refractivity contribution < 1.29 is 4.74 Å². The molecular formula is C15H24BrNOS. The van der Waals surface area contributed by atoms with Crippen molar-refractivity contribution in [3.63, 3.8) is 0 Å².